The average molecular weight is 425 g/mol. The summed E-state index contributed by atoms with van der Waals surface area (Å²) in [6.45, 7) is 3.64. The quantitative estimate of drug-likeness (QED) is 0.753. The van der Waals surface area contributed by atoms with Crippen LogP contribution >= 0.6 is 0 Å². The number of nitrogens with zero attached hydrogens (tertiary/aromatic N) is 5. The number of rotatable bonds is 4. The van der Waals surface area contributed by atoms with Gasteiger partial charge in [0, 0.05) is 30.9 Å². The highest BCUT2D eigenvalue weighted by molar-refractivity contribution is 5.65. The van der Waals surface area contributed by atoms with Crippen molar-refractivity contribution in [3.8, 4) is 17.1 Å². The van der Waals surface area contributed by atoms with Crippen molar-refractivity contribution in [2.24, 2.45) is 0 Å². The summed E-state index contributed by atoms with van der Waals surface area (Å²) < 4.78 is 52.1. The number of anilines is 2. The minimum absolute atomic E-state index is 0.0303. The van der Waals surface area contributed by atoms with E-state index in [1.165, 1.54) is 6.07 Å². The number of halogens is 3. The number of nitrogen functional groups attached to an aromatic ring is 1. The first kappa shape index (κ1) is 20.5. The minimum Gasteiger partial charge on any atom is -0.474 e. The van der Waals surface area contributed by atoms with Crippen LogP contribution in [-0.2, 0) is 10.9 Å². The zero-order valence-electron chi connectivity index (χ0n) is 16.2. The van der Waals surface area contributed by atoms with Crippen LogP contribution < -0.4 is 20.7 Å². The van der Waals surface area contributed by atoms with Gasteiger partial charge in [0.15, 0.2) is 5.69 Å². The van der Waals surface area contributed by atoms with Crippen molar-refractivity contribution in [2.75, 3.05) is 50.0 Å². The highest BCUT2D eigenvalue weighted by Crippen LogP contribution is 2.36. The second kappa shape index (κ2) is 8.56. The number of alkyl halides is 3. The molecule has 2 aliphatic rings. The lowest BCUT2D eigenvalue weighted by atomic mass is 10.1. The zero-order chi connectivity index (χ0) is 21.1. The predicted octanol–water partition coefficient (Wildman–Crippen LogP) is 1.50. The minimum atomic E-state index is -4.72. The Bertz CT molecular complexity index is 885. The molecule has 30 heavy (non-hydrogen) atoms. The van der Waals surface area contributed by atoms with Gasteiger partial charge < -0.3 is 25.4 Å². The van der Waals surface area contributed by atoms with E-state index in [1.807, 2.05) is 4.90 Å². The third-order valence-corrected chi connectivity index (χ3v) is 4.91. The van der Waals surface area contributed by atoms with Gasteiger partial charge in [0.05, 0.1) is 18.9 Å². The van der Waals surface area contributed by atoms with Gasteiger partial charge in [-0.25, -0.2) is 15.0 Å². The van der Waals surface area contributed by atoms with Crippen molar-refractivity contribution in [1.29, 1.82) is 0 Å². The molecular weight excluding hydrogens is 403 g/mol. The van der Waals surface area contributed by atoms with Crippen LogP contribution in [0.15, 0.2) is 12.3 Å². The Balaban J connectivity index is 1.75. The van der Waals surface area contributed by atoms with Gasteiger partial charge in [-0.15, -0.1) is 0 Å². The van der Waals surface area contributed by atoms with Gasteiger partial charge in [0.2, 0.25) is 17.8 Å². The Hall–Kier alpha value is -2.73. The van der Waals surface area contributed by atoms with Gasteiger partial charge in [-0.2, -0.15) is 18.2 Å². The van der Waals surface area contributed by atoms with E-state index in [0.717, 1.165) is 32.1 Å². The van der Waals surface area contributed by atoms with E-state index in [9.17, 15) is 13.2 Å². The molecule has 2 fully saturated rings. The van der Waals surface area contributed by atoms with Crippen LogP contribution in [0.3, 0.4) is 0 Å². The maximum absolute atomic E-state index is 13.6. The normalized spacial score (nSPS) is 18.4. The summed E-state index contributed by atoms with van der Waals surface area (Å²) in [6, 6.07) is 1.40. The first-order valence-electron chi connectivity index (χ1n) is 9.69. The van der Waals surface area contributed by atoms with Gasteiger partial charge in [-0.3, -0.25) is 0 Å². The molecule has 0 saturated carbocycles. The van der Waals surface area contributed by atoms with Crippen molar-refractivity contribution < 1.29 is 22.6 Å². The Morgan fingerprint density at radius 2 is 1.87 bits per heavy atom. The maximum atomic E-state index is 13.6. The molecule has 0 atom stereocenters. The lowest BCUT2D eigenvalue weighted by Gasteiger charge is -2.28. The largest absolute Gasteiger partial charge is 0.474 e. The van der Waals surface area contributed by atoms with E-state index in [0.29, 0.717) is 26.3 Å². The lowest BCUT2D eigenvalue weighted by Crippen LogP contribution is -2.37. The van der Waals surface area contributed by atoms with Gasteiger partial charge in [-0.05, 0) is 25.9 Å². The molecule has 2 aromatic heterocycles. The summed E-state index contributed by atoms with van der Waals surface area (Å²) >= 11 is 0. The molecule has 0 aromatic carbocycles. The number of morpholine rings is 1. The molecule has 4 heterocycles. The van der Waals surface area contributed by atoms with Crippen molar-refractivity contribution in [1.82, 2.24) is 25.3 Å². The fourth-order valence-electron chi connectivity index (χ4n) is 3.40. The maximum Gasteiger partial charge on any atom is 0.434 e. The smallest absolute Gasteiger partial charge is 0.434 e. The first-order chi connectivity index (χ1) is 14.4. The number of aromatic nitrogens is 4. The van der Waals surface area contributed by atoms with Gasteiger partial charge in [0.25, 0.3) is 0 Å². The molecule has 0 radical (unpaired) electrons. The molecule has 0 unspecified atom stereocenters. The monoisotopic (exact) mass is 425 g/mol. The van der Waals surface area contributed by atoms with Crippen LogP contribution in [0.4, 0.5) is 25.1 Å². The molecule has 0 aliphatic carbocycles. The summed E-state index contributed by atoms with van der Waals surface area (Å²) in [5.41, 5.74) is 4.01. The SMILES string of the molecule is Nc1ncc(-c2cc(OC3CCNCC3)nc(N3CCOCC3)n2)c(C(F)(F)F)n1. The van der Waals surface area contributed by atoms with E-state index >= 15 is 0 Å². The summed E-state index contributed by atoms with van der Waals surface area (Å²) in [5, 5.41) is 3.24. The highest BCUT2D eigenvalue weighted by Gasteiger charge is 2.37. The molecular formula is C18H22F3N7O2. The van der Waals surface area contributed by atoms with E-state index in [4.69, 9.17) is 15.2 Å². The highest BCUT2D eigenvalue weighted by atomic mass is 19.4. The Kier molecular flexibility index (Phi) is 5.86. The Labute approximate surface area is 170 Å². The fraction of sp³-hybridized carbons (Fsp3) is 0.556. The molecule has 9 nitrogen and oxygen atoms in total. The van der Waals surface area contributed by atoms with E-state index in [2.05, 4.69) is 25.3 Å². The predicted molar refractivity (Wildman–Crippen MR) is 102 cm³/mol. The van der Waals surface area contributed by atoms with Crippen molar-refractivity contribution in [3.05, 3.63) is 18.0 Å². The molecule has 0 bridgehead atoms. The Morgan fingerprint density at radius 1 is 1.13 bits per heavy atom. The van der Waals surface area contributed by atoms with Crippen LogP contribution in [0.1, 0.15) is 18.5 Å². The molecule has 0 amide bonds. The van der Waals surface area contributed by atoms with E-state index in [-0.39, 0.29) is 29.2 Å². The lowest BCUT2D eigenvalue weighted by molar-refractivity contribution is -0.140. The van der Waals surface area contributed by atoms with Crippen LogP contribution in [0.5, 0.6) is 5.88 Å². The first-order valence-corrected chi connectivity index (χ1v) is 9.69. The van der Waals surface area contributed by atoms with E-state index in [1.54, 1.807) is 0 Å². The number of piperidine rings is 1. The third kappa shape index (κ3) is 4.70. The summed E-state index contributed by atoms with van der Waals surface area (Å²) in [5.74, 6) is 0.0442. The number of ether oxygens (including phenoxy) is 2. The molecule has 3 N–H and O–H groups in total. The van der Waals surface area contributed by atoms with Crippen LogP contribution in [0.25, 0.3) is 11.3 Å². The van der Waals surface area contributed by atoms with Gasteiger partial charge in [-0.1, -0.05) is 0 Å². The zero-order valence-corrected chi connectivity index (χ0v) is 16.2. The number of nitrogens with two attached hydrogens (primary N) is 1. The topological polar surface area (TPSA) is 111 Å². The standard InChI is InChI=1S/C18H22F3N7O2/c19-18(20,21)15-12(10-24-16(22)27-15)13-9-14(30-11-1-3-23-4-2-11)26-17(25-13)28-5-7-29-8-6-28/h9-11,23H,1-8H2,(H2,22,24,27). The summed E-state index contributed by atoms with van der Waals surface area (Å²) in [7, 11) is 0. The molecule has 2 aromatic rings. The summed E-state index contributed by atoms with van der Waals surface area (Å²) in [6.07, 6.45) is -2.19. The molecule has 12 heteroatoms. The van der Waals surface area contributed by atoms with Gasteiger partial charge in [0.1, 0.15) is 6.10 Å². The second-order valence-corrected chi connectivity index (χ2v) is 7.05. The van der Waals surface area contributed by atoms with Crippen LogP contribution in [-0.4, -0.2) is 65.4 Å². The average Bonchev–Trinajstić information content (AvgIpc) is 2.74. The van der Waals surface area contributed by atoms with Crippen LogP contribution in [0.2, 0.25) is 0 Å². The second-order valence-electron chi connectivity index (χ2n) is 7.05. The molecule has 4 rings (SSSR count). The number of nitrogens with one attached hydrogen (secondary N) is 1. The number of hydrogen-bond acceptors (Lipinski definition) is 9. The van der Waals surface area contributed by atoms with Crippen LogP contribution in [0, 0.1) is 0 Å². The van der Waals surface area contributed by atoms with Crippen molar-refractivity contribution in [3.63, 3.8) is 0 Å². The molecule has 2 saturated heterocycles. The fourth-order valence-corrected chi connectivity index (χ4v) is 3.40. The Morgan fingerprint density at radius 3 is 2.57 bits per heavy atom. The molecule has 162 valence electrons. The van der Waals surface area contributed by atoms with Crippen molar-refractivity contribution >= 4 is 11.9 Å². The van der Waals surface area contributed by atoms with Crippen molar-refractivity contribution in [2.45, 2.75) is 25.1 Å². The third-order valence-electron chi connectivity index (χ3n) is 4.91. The van der Waals surface area contributed by atoms with E-state index < -0.39 is 17.8 Å². The van der Waals surface area contributed by atoms with Gasteiger partial charge >= 0.3 is 6.18 Å². The number of hydrogen-bond donors (Lipinski definition) is 2. The molecule has 2 aliphatic heterocycles. The molecule has 0 spiro atoms. The summed E-state index contributed by atoms with van der Waals surface area (Å²) in [4.78, 5) is 17.8.